The average molecular weight is 358 g/mol. The second-order valence-corrected chi connectivity index (χ2v) is 5.86. The molecule has 112 valence electrons. The summed E-state index contributed by atoms with van der Waals surface area (Å²) in [6.45, 7) is 1.94. The Hall–Kier alpha value is -2.27. The molecule has 0 fully saturated rings. The van der Waals surface area contributed by atoms with Crippen molar-refractivity contribution in [2.75, 3.05) is 5.73 Å². The number of anilines is 1. The molecule has 2 heterocycles. The van der Waals surface area contributed by atoms with Crippen LogP contribution < -0.4 is 10.5 Å². The summed E-state index contributed by atoms with van der Waals surface area (Å²) in [5, 5.41) is 0. The summed E-state index contributed by atoms with van der Waals surface area (Å²) in [5.74, 6) is 1.33. The monoisotopic (exact) mass is 357 g/mol. The highest BCUT2D eigenvalue weighted by molar-refractivity contribution is 9.10. The summed E-state index contributed by atoms with van der Waals surface area (Å²) in [5.41, 5.74) is 9.75. The van der Waals surface area contributed by atoms with Crippen LogP contribution in [0.4, 0.5) is 5.69 Å². The molecule has 3 aromatic rings. The largest absolute Gasteiger partial charge is 0.439 e. The molecule has 0 amide bonds. The molecule has 0 spiro atoms. The van der Waals surface area contributed by atoms with E-state index < -0.39 is 0 Å². The van der Waals surface area contributed by atoms with Crippen LogP contribution >= 0.6 is 15.9 Å². The van der Waals surface area contributed by atoms with Gasteiger partial charge in [-0.2, -0.15) is 0 Å². The number of benzene rings is 1. The van der Waals surface area contributed by atoms with Crippen LogP contribution in [0, 0.1) is 6.92 Å². The normalized spacial score (nSPS) is 10.7. The molecule has 2 N–H and O–H groups in total. The van der Waals surface area contributed by atoms with E-state index in [4.69, 9.17) is 10.5 Å². The number of nitrogens with zero attached hydrogens (tertiary/aromatic N) is 2. The van der Waals surface area contributed by atoms with Crippen LogP contribution in [-0.2, 0) is 7.05 Å². The maximum absolute atomic E-state index is 6.06. The highest BCUT2D eigenvalue weighted by atomic mass is 79.9. The molecule has 22 heavy (non-hydrogen) atoms. The molecule has 2 aromatic heterocycles. The van der Waals surface area contributed by atoms with E-state index in [9.17, 15) is 0 Å². The van der Waals surface area contributed by atoms with E-state index in [0.29, 0.717) is 5.88 Å². The van der Waals surface area contributed by atoms with Gasteiger partial charge in [0.25, 0.3) is 0 Å². The number of nitrogens with two attached hydrogens (primary N) is 1. The topological polar surface area (TPSA) is 53.1 Å². The van der Waals surface area contributed by atoms with Gasteiger partial charge in [-0.3, -0.25) is 0 Å². The van der Waals surface area contributed by atoms with Gasteiger partial charge in [-0.1, -0.05) is 18.2 Å². The summed E-state index contributed by atoms with van der Waals surface area (Å²) in [6, 6.07) is 13.5. The zero-order valence-electron chi connectivity index (χ0n) is 12.4. The molecule has 5 heteroatoms. The summed E-state index contributed by atoms with van der Waals surface area (Å²) in [4.78, 5) is 4.33. The number of aromatic nitrogens is 2. The second kappa shape index (κ2) is 5.85. The summed E-state index contributed by atoms with van der Waals surface area (Å²) in [6.07, 6.45) is 1.89. The van der Waals surface area contributed by atoms with Crippen molar-refractivity contribution in [3.8, 4) is 22.8 Å². The van der Waals surface area contributed by atoms with Crippen molar-refractivity contribution < 1.29 is 4.74 Å². The number of hydrogen-bond acceptors (Lipinski definition) is 3. The maximum Gasteiger partial charge on any atom is 0.219 e. The zero-order chi connectivity index (χ0) is 15.7. The van der Waals surface area contributed by atoms with E-state index >= 15 is 0 Å². The van der Waals surface area contributed by atoms with Gasteiger partial charge in [-0.15, -0.1) is 0 Å². The van der Waals surface area contributed by atoms with Crippen LogP contribution in [0.5, 0.6) is 11.6 Å². The van der Waals surface area contributed by atoms with Gasteiger partial charge in [0.1, 0.15) is 5.75 Å². The molecule has 0 saturated carbocycles. The molecule has 0 saturated heterocycles. The Morgan fingerprint density at radius 3 is 2.45 bits per heavy atom. The number of pyridine rings is 1. The Bertz CT molecular complexity index is 809. The first-order valence-electron chi connectivity index (χ1n) is 6.87. The first kappa shape index (κ1) is 14.7. The van der Waals surface area contributed by atoms with E-state index in [-0.39, 0.29) is 0 Å². The third-order valence-corrected chi connectivity index (χ3v) is 4.32. The molecular weight excluding hydrogens is 342 g/mol. The highest BCUT2D eigenvalue weighted by Gasteiger charge is 2.12. The fraction of sp³-hybridized carbons (Fsp3) is 0.118. The minimum atomic E-state index is 0.591. The molecule has 1 aromatic carbocycles. The van der Waals surface area contributed by atoms with E-state index in [1.807, 2.05) is 67.2 Å². The predicted octanol–water partition coefficient (Wildman–Crippen LogP) is 4.53. The Balaban J connectivity index is 1.87. The molecule has 0 atom stereocenters. The predicted molar refractivity (Wildman–Crippen MR) is 92.0 cm³/mol. The lowest BCUT2D eigenvalue weighted by molar-refractivity contribution is 0.462. The van der Waals surface area contributed by atoms with Crippen LogP contribution in [0.25, 0.3) is 11.1 Å². The minimum Gasteiger partial charge on any atom is -0.439 e. The van der Waals surface area contributed by atoms with Gasteiger partial charge >= 0.3 is 0 Å². The first-order chi connectivity index (χ1) is 10.5. The quantitative estimate of drug-likeness (QED) is 0.748. The van der Waals surface area contributed by atoms with Crippen molar-refractivity contribution in [1.29, 1.82) is 0 Å². The number of halogens is 1. The van der Waals surface area contributed by atoms with Gasteiger partial charge in [0.05, 0.1) is 10.3 Å². The van der Waals surface area contributed by atoms with Crippen LogP contribution in [0.15, 0.2) is 53.3 Å². The van der Waals surface area contributed by atoms with Crippen LogP contribution in [-0.4, -0.2) is 9.55 Å². The van der Waals surface area contributed by atoms with Gasteiger partial charge in [0.2, 0.25) is 5.88 Å². The number of ether oxygens (including phenoxy) is 1. The molecule has 0 aliphatic carbocycles. The van der Waals surface area contributed by atoms with Crippen molar-refractivity contribution in [3.63, 3.8) is 0 Å². The Labute approximate surface area is 137 Å². The Morgan fingerprint density at radius 2 is 1.86 bits per heavy atom. The standard InChI is InChI=1S/C17H16BrN3O/c1-11-4-3-5-15(20-11)22-13-8-6-12(7-9-13)16-14(19)10-21(2)17(16)18/h3-10H,19H2,1-2H3. The van der Waals surface area contributed by atoms with Crippen molar-refractivity contribution in [3.05, 3.63) is 59.0 Å². The zero-order valence-corrected chi connectivity index (χ0v) is 14.0. The number of nitrogen functional groups attached to an aromatic ring is 1. The van der Waals surface area contributed by atoms with Gasteiger partial charge in [-0.25, -0.2) is 4.98 Å². The Morgan fingerprint density at radius 1 is 1.14 bits per heavy atom. The summed E-state index contributed by atoms with van der Waals surface area (Å²) < 4.78 is 8.66. The lowest BCUT2D eigenvalue weighted by atomic mass is 10.1. The Kier molecular flexibility index (Phi) is 3.90. The van der Waals surface area contributed by atoms with E-state index in [1.165, 1.54) is 0 Å². The number of hydrogen-bond donors (Lipinski definition) is 1. The van der Waals surface area contributed by atoms with E-state index in [0.717, 1.165) is 32.9 Å². The van der Waals surface area contributed by atoms with Crippen molar-refractivity contribution in [2.45, 2.75) is 6.92 Å². The van der Waals surface area contributed by atoms with Crippen molar-refractivity contribution in [2.24, 2.45) is 7.05 Å². The molecule has 0 radical (unpaired) electrons. The molecule has 4 nitrogen and oxygen atoms in total. The fourth-order valence-corrected chi connectivity index (χ4v) is 2.86. The first-order valence-corrected chi connectivity index (χ1v) is 7.66. The minimum absolute atomic E-state index is 0.591. The van der Waals surface area contributed by atoms with Crippen LogP contribution in [0.2, 0.25) is 0 Å². The SMILES string of the molecule is Cc1cccc(Oc2ccc(-c3c(N)cn(C)c3Br)cc2)n1. The van der Waals surface area contributed by atoms with Gasteiger partial charge in [-0.05, 0) is 46.6 Å². The molecule has 0 aliphatic rings. The number of rotatable bonds is 3. The molecule has 0 bridgehead atoms. The third kappa shape index (κ3) is 2.85. The maximum atomic E-state index is 6.06. The summed E-state index contributed by atoms with van der Waals surface area (Å²) >= 11 is 3.56. The average Bonchev–Trinajstić information content (AvgIpc) is 2.73. The van der Waals surface area contributed by atoms with Gasteiger partial charge in [0, 0.05) is 30.6 Å². The van der Waals surface area contributed by atoms with Crippen LogP contribution in [0.3, 0.4) is 0 Å². The van der Waals surface area contributed by atoms with Gasteiger partial charge < -0.3 is 15.0 Å². The highest BCUT2D eigenvalue weighted by Crippen LogP contribution is 2.35. The summed E-state index contributed by atoms with van der Waals surface area (Å²) in [7, 11) is 1.95. The number of aryl methyl sites for hydroxylation is 2. The van der Waals surface area contributed by atoms with E-state index in [2.05, 4.69) is 20.9 Å². The fourth-order valence-electron chi connectivity index (χ4n) is 2.30. The molecular formula is C17H16BrN3O. The third-order valence-electron chi connectivity index (χ3n) is 3.37. The second-order valence-electron chi connectivity index (χ2n) is 5.10. The smallest absolute Gasteiger partial charge is 0.219 e. The molecule has 0 aliphatic heterocycles. The molecule has 0 unspecified atom stereocenters. The van der Waals surface area contributed by atoms with E-state index in [1.54, 1.807) is 0 Å². The van der Waals surface area contributed by atoms with Crippen molar-refractivity contribution in [1.82, 2.24) is 9.55 Å². The van der Waals surface area contributed by atoms with Crippen molar-refractivity contribution >= 4 is 21.6 Å². The van der Waals surface area contributed by atoms with Crippen LogP contribution in [0.1, 0.15) is 5.69 Å². The lowest BCUT2D eigenvalue weighted by Gasteiger charge is -2.07. The molecule has 3 rings (SSSR count). The van der Waals surface area contributed by atoms with Gasteiger partial charge in [0.15, 0.2) is 0 Å². The lowest BCUT2D eigenvalue weighted by Crippen LogP contribution is -1.90.